The number of hydrogen-bond acceptors (Lipinski definition) is 7. The Morgan fingerprint density at radius 3 is 1.19 bits per heavy atom. The van der Waals surface area contributed by atoms with Crippen LogP contribution in [-0.2, 0) is 33.2 Å². The quantitative estimate of drug-likeness (QED) is 0.217. The molecular formula is C20H42O7. The normalized spacial score (nSPS) is 12.7. The lowest BCUT2D eigenvalue weighted by molar-refractivity contribution is -0.410. The van der Waals surface area contributed by atoms with E-state index in [0.29, 0.717) is 12.8 Å². The highest BCUT2D eigenvalue weighted by molar-refractivity contribution is 4.58. The molecule has 0 amide bonds. The number of ether oxygens (including phenoxy) is 7. The molecule has 0 spiro atoms. The van der Waals surface area contributed by atoms with Crippen molar-refractivity contribution in [3.8, 4) is 0 Å². The summed E-state index contributed by atoms with van der Waals surface area (Å²) in [6, 6.07) is 0. The van der Waals surface area contributed by atoms with Crippen LogP contribution in [0, 0.1) is 0 Å². The smallest absolute Gasteiger partial charge is 0.284 e. The van der Waals surface area contributed by atoms with Gasteiger partial charge in [0, 0.05) is 41.3 Å². The zero-order valence-electron chi connectivity index (χ0n) is 18.3. The Hall–Kier alpha value is -0.280. The molecule has 0 rings (SSSR count). The molecule has 0 radical (unpaired) electrons. The van der Waals surface area contributed by atoms with Crippen LogP contribution in [0.15, 0.2) is 0 Å². The minimum absolute atomic E-state index is 0.0190. The molecule has 0 aliphatic heterocycles. The minimum atomic E-state index is -1.09. The Morgan fingerprint density at radius 1 is 0.519 bits per heavy atom. The van der Waals surface area contributed by atoms with Crippen LogP contribution >= 0.6 is 0 Å². The topological polar surface area (TPSA) is 64.6 Å². The van der Waals surface area contributed by atoms with Gasteiger partial charge in [0.15, 0.2) is 13.6 Å². The SMILES string of the molecule is CCCCCCC(OC)(OC)OCOCOC(CCCCCC)(OC)OC. The molecular weight excluding hydrogens is 352 g/mol. The summed E-state index contributed by atoms with van der Waals surface area (Å²) in [5, 5.41) is 0. The predicted molar refractivity (Wildman–Crippen MR) is 104 cm³/mol. The molecule has 27 heavy (non-hydrogen) atoms. The van der Waals surface area contributed by atoms with E-state index < -0.39 is 11.9 Å². The highest BCUT2D eigenvalue weighted by atomic mass is 16.9. The van der Waals surface area contributed by atoms with E-state index in [1.807, 2.05) is 0 Å². The first-order valence-corrected chi connectivity index (χ1v) is 10.1. The first kappa shape index (κ1) is 26.7. The largest absolute Gasteiger partial charge is 0.331 e. The first-order valence-electron chi connectivity index (χ1n) is 10.1. The third kappa shape index (κ3) is 11.3. The fraction of sp³-hybridized carbons (Fsp3) is 1.00. The lowest BCUT2D eigenvalue weighted by Crippen LogP contribution is -2.39. The second kappa shape index (κ2) is 16.7. The molecule has 0 saturated heterocycles. The van der Waals surface area contributed by atoms with Crippen LogP contribution in [0.3, 0.4) is 0 Å². The molecule has 0 atom stereocenters. The fourth-order valence-corrected chi connectivity index (χ4v) is 2.79. The molecule has 0 heterocycles. The van der Waals surface area contributed by atoms with Gasteiger partial charge in [-0.05, 0) is 12.8 Å². The van der Waals surface area contributed by atoms with E-state index in [-0.39, 0.29) is 13.6 Å². The van der Waals surface area contributed by atoms with E-state index in [9.17, 15) is 0 Å². The standard InChI is InChI=1S/C20H42O7/c1-7-9-11-13-15-19(21-3,22-4)26-17-25-18-27-20(23-5,24-6)16-14-12-10-8-2/h7-18H2,1-6H3. The predicted octanol–water partition coefficient (Wildman–Crippen LogP) is 4.79. The molecule has 0 aromatic heterocycles. The second-order valence-electron chi connectivity index (χ2n) is 6.53. The third-order valence-electron chi connectivity index (χ3n) is 4.64. The molecule has 0 N–H and O–H groups in total. The molecule has 7 nitrogen and oxygen atoms in total. The van der Waals surface area contributed by atoms with E-state index in [4.69, 9.17) is 33.2 Å². The Bertz CT molecular complexity index is 287. The van der Waals surface area contributed by atoms with Crippen molar-refractivity contribution in [3.63, 3.8) is 0 Å². The average molecular weight is 395 g/mol. The van der Waals surface area contributed by atoms with Crippen molar-refractivity contribution in [2.45, 2.75) is 90.0 Å². The molecule has 0 fully saturated rings. The highest BCUT2D eigenvalue weighted by Gasteiger charge is 2.32. The average Bonchev–Trinajstić information content (AvgIpc) is 2.71. The second-order valence-corrected chi connectivity index (χ2v) is 6.53. The van der Waals surface area contributed by atoms with Crippen LogP contribution in [0.25, 0.3) is 0 Å². The number of hydrogen-bond donors (Lipinski definition) is 0. The van der Waals surface area contributed by atoms with E-state index in [2.05, 4.69) is 13.8 Å². The van der Waals surface area contributed by atoms with Crippen LogP contribution in [0.2, 0.25) is 0 Å². The lowest BCUT2D eigenvalue weighted by Gasteiger charge is -2.32. The van der Waals surface area contributed by atoms with Gasteiger partial charge < -0.3 is 33.2 Å². The van der Waals surface area contributed by atoms with Gasteiger partial charge in [0.05, 0.1) is 0 Å². The van der Waals surface area contributed by atoms with Crippen LogP contribution in [-0.4, -0.2) is 54.0 Å². The summed E-state index contributed by atoms with van der Waals surface area (Å²) >= 11 is 0. The Morgan fingerprint density at radius 2 is 0.889 bits per heavy atom. The van der Waals surface area contributed by atoms with Gasteiger partial charge in [0.2, 0.25) is 0 Å². The Balaban J connectivity index is 4.24. The summed E-state index contributed by atoms with van der Waals surface area (Å²) in [4.78, 5) is 0. The maximum absolute atomic E-state index is 5.68. The summed E-state index contributed by atoms with van der Waals surface area (Å²) in [5.74, 6) is -2.18. The summed E-state index contributed by atoms with van der Waals surface area (Å²) in [6.45, 7) is 4.31. The van der Waals surface area contributed by atoms with E-state index in [0.717, 1.165) is 25.7 Å². The maximum atomic E-state index is 5.68. The van der Waals surface area contributed by atoms with Gasteiger partial charge in [0.1, 0.15) is 0 Å². The summed E-state index contributed by atoms with van der Waals surface area (Å²) < 4.78 is 38.5. The summed E-state index contributed by atoms with van der Waals surface area (Å²) in [7, 11) is 6.27. The molecule has 0 aromatic carbocycles. The van der Waals surface area contributed by atoms with E-state index in [1.165, 1.54) is 25.7 Å². The summed E-state index contributed by atoms with van der Waals surface area (Å²) in [6.07, 6.45) is 10.1. The van der Waals surface area contributed by atoms with Gasteiger partial charge in [-0.2, -0.15) is 0 Å². The third-order valence-corrected chi connectivity index (χ3v) is 4.64. The maximum Gasteiger partial charge on any atom is 0.284 e. The zero-order chi connectivity index (χ0) is 20.4. The lowest BCUT2D eigenvalue weighted by atomic mass is 10.1. The number of methoxy groups -OCH3 is 4. The number of rotatable bonds is 20. The molecule has 0 aliphatic carbocycles. The van der Waals surface area contributed by atoms with Crippen molar-refractivity contribution in [2.24, 2.45) is 0 Å². The van der Waals surface area contributed by atoms with Gasteiger partial charge >= 0.3 is 0 Å². The zero-order valence-corrected chi connectivity index (χ0v) is 18.3. The van der Waals surface area contributed by atoms with Crippen molar-refractivity contribution < 1.29 is 33.2 Å². The monoisotopic (exact) mass is 394 g/mol. The van der Waals surface area contributed by atoms with Crippen molar-refractivity contribution >= 4 is 0 Å². The molecule has 0 aromatic rings. The van der Waals surface area contributed by atoms with Gasteiger partial charge in [-0.15, -0.1) is 0 Å². The minimum Gasteiger partial charge on any atom is -0.331 e. The molecule has 0 aliphatic rings. The van der Waals surface area contributed by atoms with Crippen LogP contribution in [0.1, 0.15) is 78.1 Å². The molecule has 0 saturated carbocycles. The molecule has 7 heteroatoms. The fourth-order valence-electron chi connectivity index (χ4n) is 2.79. The first-order chi connectivity index (χ1) is 13.1. The Kier molecular flexibility index (Phi) is 16.5. The van der Waals surface area contributed by atoms with Crippen LogP contribution in [0.5, 0.6) is 0 Å². The van der Waals surface area contributed by atoms with Gasteiger partial charge in [-0.3, -0.25) is 0 Å². The van der Waals surface area contributed by atoms with Gasteiger partial charge in [-0.1, -0.05) is 52.4 Å². The summed E-state index contributed by atoms with van der Waals surface area (Å²) in [5.41, 5.74) is 0. The molecule has 0 unspecified atom stereocenters. The van der Waals surface area contributed by atoms with Crippen molar-refractivity contribution in [2.75, 3.05) is 42.0 Å². The van der Waals surface area contributed by atoms with E-state index >= 15 is 0 Å². The highest BCUT2D eigenvalue weighted by Crippen LogP contribution is 2.24. The number of unbranched alkanes of at least 4 members (excludes halogenated alkanes) is 6. The van der Waals surface area contributed by atoms with Crippen molar-refractivity contribution in [1.29, 1.82) is 0 Å². The van der Waals surface area contributed by atoms with Gasteiger partial charge in [-0.25, -0.2) is 0 Å². The Labute approximate surface area is 165 Å². The molecule has 164 valence electrons. The van der Waals surface area contributed by atoms with Crippen molar-refractivity contribution in [3.05, 3.63) is 0 Å². The van der Waals surface area contributed by atoms with E-state index in [1.54, 1.807) is 28.4 Å². The van der Waals surface area contributed by atoms with Gasteiger partial charge in [0.25, 0.3) is 11.9 Å². The van der Waals surface area contributed by atoms with Crippen LogP contribution in [0.4, 0.5) is 0 Å². The van der Waals surface area contributed by atoms with Crippen molar-refractivity contribution in [1.82, 2.24) is 0 Å². The molecule has 0 bridgehead atoms. The van der Waals surface area contributed by atoms with Crippen LogP contribution < -0.4 is 0 Å².